The lowest BCUT2D eigenvalue weighted by molar-refractivity contribution is 0.385. The number of hydrogen-bond acceptors (Lipinski definition) is 2. The zero-order valence-electron chi connectivity index (χ0n) is 10.6. The van der Waals surface area contributed by atoms with Crippen molar-refractivity contribution >= 4 is 16.6 Å². The van der Waals surface area contributed by atoms with Crippen LogP contribution in [0.2, 0.25) is 37.3 Å². The van der Waals surface area contributed by atoms with E-state index in [1.807, 2.05) is 14.2 Å². The minimum atomic E-state index is -1.39. The molecule has 0 amide bonds. The van der Waals surface area contributed by atoms with E-state index < -0.39 is 16.6 Å². The molecule has 0 rings (SSSR count). The largest absolute Gasteiger partial charge is 0.420 e. The maximum atomic E-state index is 5.78. The van der Waals surface area contributed by atoms with Gasteiger partial charge in [0.25, 0.3) is 0 Å². The van der Waals surface area contributed by atoms with Crippen molar-refractivity contribution < 1.29 is 8.85 Å². The Bertz CT molecular complexity index is 148. The maximum absolute atomic E-state index is 5.78. The molecule has 0 aliphatic heterocycles. The molecule has 0 spiro atoms. The minimum absolute atomic E-state index is 1.23. The summed E-state index contributed by atoms with van der Waals surface area (Å²) in [6.07, 6.45) is 0. The van der Waals surface area contributed by atoms with Crippen LogP contribution in [-0.4, -0.2) is 30.9 Å². The van der Waals surface area contributed by atoms with Crippen molar-refractivity contribution in [2.45, 2.75) is 51.1 Å². The van der Waals surface area contributed by atoms with E-state index in [1.54, 1.807) is 0 Å². The van der Waals surface area contributed by atoms with Crippen molar-refractivity contribution in [3.63, 3.8) is 0 Å². The van der Waals surface area contributed by atoms with Gasteiger partial charge in [0.1, 0.15) is 0 Å². The molecule has 0 fully saturated rings. The van der Waals surface area contributed by atoms with Crippen LogP contribution in [0.5, 0.6) is 0 Å². The van der Waals surface area contributed by atoms with Gasteiger partial charge in [-0.2, -0.15) is 0 Å². The second-order valence-corrected chi connectivity index (χ2v) is 13.7. The number of hydrogen-bond donors (Lipinski definition) is 0. The maximum Gasteiger partial charge on any atom is 0.191 e. The first kappa shape index (κ1) is 14.4. The van der Waals surface area contributed by atoms with Crippen LogP contribution in [0.1, 0.15) is 13.8 Å². The summed E-state index contributed by atoms with van der Waals surface area (Å²) in [6.45, 7) is 9.10. The van der Waals surface area contributed by atoms with Crippen molar-refractivity contribution in [1.29, 1.82) is 0 Å². The van der Waals surface area contributed by atoms with Crippen molar-refractivity contribution in [3.05, 3.63) is 0 Å². The monoisotopic (exact) mass is 234 g/mol. The highest BCUT2D eigenvalue weighted by molar-refractivity contribution is 6.77. The molecule has 0 saturated heterocycles. The Morgan fingerprint density at radius 3 is 1.64 bits per heavy atom. The summed E-state index contributed by atoms with van der Waals surface area (Å²) in [5.74, 6) is 0. The summed E-state index contributed by atoms with van der Waals surface area (Å²) < 4.78 is 11.4. The van der Waals surface area contributed by atoms with Gasteiger partial charge in [0, 0.05) is 14.2 Å². The molecule has 0 aromatic rings. The molecule has 0 N–H and O–H groups in total. The highest BCUT2D eigenvalue weighted by atomic mass is 28.4. The predicted molar refractivity (Wildman–Crippen MR) is 67.8 cm³/mol. The smallest absolute Gasteiger partial charge is 0.191 e. The van der Waals surface area contributed by atoms with Gasteiger partial charge in [-0.1, -0.05) is 13.8 Å². The Balaban J connectivity index is 4.19. The predicted octanol–water partition coefficient (Wildman–Crippen LogP) is 3.47. The Labute approximate surface area is 91.3 Å². The van der Waals surface area contributed by atoms with Crippen LogP contribution >= 0.6 is 0 Å². The molecule has 0 aliphatic carbocycles. The molecule has 4 heteroatoms. The molecule has 2 nitrogen and oxygen atoms in total. The summed E-state index contributed by atoms with van der Waals surface area (Å²) in [5.41, 5.74) is 0. The third-order valence-corrected chi connectivity index (χ3v) is 11.1. The first-order valence-electron chi connectivity index (χ1n) is 5.55. The lowest BCUT2D eigenvalue weighted by atomic mass is 10.9. The molecule has 0 aromatic heterocycles. The first-order valence-corrected chi connectivity index (χ1v) is 11.2. The first-order chi connectivity index (χ1) is 6.45. The Kier molecular flexibility index (Phi) is 6.20. The van der Waals surface area contributed by atoms with Gasteiger partial charge in [0.2, 0.25) is 0 Å². The summed E-state index contributed by atoms with van der Waals surface area (Å²) in [5, 5.41) is 0. The van der Waals surface area contributed by atoms with Crippen molar-refractivity contribution in [2.24, 2.45) is 0 Å². The van der Waals surface area contributed by atoms with E-state index in [0.717, 1.165) is 0 Å². The second-order valence-electron chi connectivity index (χ2n) is 4.56. The zero-order valence-corrected chi connectivity index (χ0v) is 12.6. The molecular weight excluding hydrogens is 208 g/mol. The lowest BCUT2D eigenvalue weighted by Crippen LogP contribution is -2.39. The molecular formula is C10H26O2Si2. The fraction of sp³-hybridized carbons (Fsp3) is 1.00. The minimum Gasteiger partial charge on any atom is -0.420 e. The topological polar surface area (TPSA) is 18.5 Å². The molecule has 0 radical (unpaired) electrons. The summed E-state index contributed by atoms with van der Waals surface area (Å²) in [6, 6.07) is 4.97. The summed E-state index contributed by atoms with van der Waals surface area (Å²) >= 11 is 0. The molecule has 0 aromatic carbocycles. The third kappa shape index (κ3) is 4.25. The van der Waals surface area contributed by atoms with E-state index in [4.69, 9.17) is 8.85 Å². The van der Waals surface area contributed by atoms with E-state index in [9.17, 15) is 0 Å². The van der Waals surface area contributed by atoms with Gasteiger partial charge in [0.15, 0.2) is 16.6 Å². The van der Waals surface area contributed by atoms with Gasteiger partial charge in [-0.25, -0.2) is 0 Å². The highest BCUT2D eigenvalue weighted by Crippen LogP contribution is 2.27. The normalized spacial score (nSPS) is 13.3. The van der Waals surface area contributed by atoms with Crippen molar-refractivity contribution in [1.82, 2.24) is 0 Å². The van der Waals surface area contributed by atoms with E-state index >= 15 is 0 Å². The highest BCUT2D eigenvalue weighted by Gasteiger charge is 2.33. The zero-order chi connectivity index (χ0) is 11.2. The molecule has 0 aliphatic rings. The van der Waals surface area contributed by atoms with Crippen molar-refractivity contribution in [2.75, 3.05) is 14.2 Å². The van der Waals surface area contributed by atoms with Crippen LogP contribution in [0.15, 0.2) is 0 Å². The summed E-state index contributed by atoms with van der Waals surface area (Å²) in [4.78, 5) is 0. The third-order valence-electron chi connectivity index (χ3n) is 3.46. The van der Waals surface area contributed by atoms with E-state index in [0.29, 0.717) is 0 Å². The van der Waals surface area contributed by atoms with E-state index in [-0.39, 0.29) is 0 Å². The van der Waals surface area contributed by atoms with Gasteiger partial charge in [-0.3, -0.25) is 0 Å². The Morgan fingerprint density at radius 2 is 1.36 bits per heavy atom. The van der Waals surface area contributed by atoms with Gasteiger partial charge >= 0.3 is 0 Å². The van der Waals surface area contributed by atoms with E-state index in [2.05, 4.69) is 26.9 Å². The average molecular weight is 234 g/mol. The molecule has 0 heterocycles. The quantitative estimate of drug-likeness (QED) is 0.628. The van der Waals surface area contributed by atoms with Crippen LogP contribution in [0.3, 0.4) is 0 Å². The van der Waals surface area contributed by atoms with Crippen LogP contribution in [0.25, 0.3) is 0 Å². The molecule has 0 bridgehead atoms. The molecule has 14 heavy (non-hydrogen) atoms. The molecule has 0 unspecified atom stereocenters. The van der Waals surface area contributed by atoms with Gasteiger partial charge in [-0.05, 0) is 37.3 Å². The van der Waals surface area contributed by atoms with Gasteiger partial charge < -0.3 is 8.85 Å². The fourth-order valence-electron chi connectivity index (χ4n) is 1.63. The van der Waals surface area contributed by atoms with Crippen LogP contribution < -0.4 is 0 Å². The molecule has 0 atom stereocenters. The van der Waals surface area contributed by atoms with Gasteiger partial charge in [-0.15, -0.1) is 0 Å². The molecule has 0 saturated carbocycles. The summed E-state index contributed by atoms with van der Waals surface area (Å²) in [7, 11) is 0.967. The Morgan fingerprint density at radius 1 is 0.857 bits per heavy atom. The van der Waals surface area contributed by atoms with E-state index in [1.165, 1.54) is 24.2 Å². The Hall–Kier alpha value is 0.354. The average Bonchev–Trinajstić information content (AvgIpc) is 2.21. The second kappa shape index (κ2) is 6.05. The van der Waals surface area contributed by atoms with Crippen LogP contribution in [0, 0.1) is 0 Å². The SMILES string of the molecule is CC[Si](CC)(CC[Si](C)(C)OC)OC. The lowest BCUT2D eigenvalue weighted by Gasteiger charge is -2.30. The van der Waals surface area contributed by atoms with Crippen molar-refractivity contribution in [3.8, 4) is 0 Å². The molecule has 86 valence electrons. The van der Waals surface area contributed by atoms with Gasteiger partial charge in [0.05, 0.1) is 0 Å². The fourth-order valence-corrected chi connectivity index (χ4v) is 8.05. The van der Waals surface area contributed by atoms with Crippen LogP contribution in [0.4, 0.5) is 0 Å². The van der Waals surface area contributed by atoms with Crippen LogP contribution in [-0.2, 0) is 8.85 Å². The number of rotatable bonds is 7. The standard InChI is InChI=1S/C10H26O2Si2/c1-7-14(8-2,12-4)10-9-13(5,6)11-3/h7-10H2,1-6H3.